The minimum absolute atomic E-state index is 0.156. The lowest BCUT2D eigenvalue weighted by Crippen LogP contribution is -2.55. The van der Waals surface area contributed by atoms with Crippen molar-refractivity contribution < 1.29 is 27.2 Å². The first-order valence-corrected chi connectivity index (χ1v) is 12.6. The number of rotatable bonds is 6. The van der Waals surface area contributed by atoms with Crippen molar-refractivity contribution in [3.8, 4) is 6.07 Å². The second kappa shape index (κ2) is 10.3. The molecule has 0 atom stereocenters. The molecule has 1 aliphatic carbocycles. The van der Waals surface area contributed by atoms with E-state index in [0.717, 1.165) is 22.9 Å². The molecule has 0 radical (unpaired) electrons. The first kappa shape index (κ1) is 27.1. The number of anilines is 2. The fourth-order valence-electron chi connectivity index (χ4n) is 4.86. The summed E-state index contributed by atoms with van der Waals surface area (Å²) in [6.07, 6.45) is -0.486. The van der Waals surface area contributed by atoms with E-state index in [4.69, 9.17) is 17.5 Å². The van der Waals surface area contributed by atoms with Crippen LogP contribution in [0.25, 0.3) is 0 Å². The molecule has 204 valence electrons. The van der Waals surface area contributed by atoms with Crippen LogP contribution in [0.3, 0.4) is 0 Å². The molecule has 3 aromatic rings. The number of amides is 2. The monoisotopic (exact) mass is 568 g/mol. The Morgan fingerprint density at radius 2 is 1.93 bits per heavy atom. The van der Waals surface area contributed by atoms with Crippen molar-refractivity contribution in [3.63, 3.8) is 0 Å². The van der Waals surface area contributed by atoms with E-state index in [1.54, 1.807) is 18.3 Å². The molecule has 3 heterocycles. The molecule has 2 aliphatic rings. The molecule has 1 N–H and O–H groups in total. The molecule has 0 unspecified atom stereocenters. The molecule has 2 amide bonds. The second-order valence-electron chi connectivity index (χ2n) is 9.33. The van der Waals surface area contributed by atoms with Crippen LogP contribution in [-0.2, 0) is 17.4 Å². The van der Waals surface area contributed by atoms with Gasteiger partial charge in [0, 0.05) is 30.5 Å². The number of thiocarbonyl (C=S) groups is 1. The zero-order chi connectivity index (χ0) is 28.7. The number of aromatic nitrogens is 2. The number of carbonyl (C=O) groups is 2. The van der Waals surface area contributed by atoms with E-state index in [2.05, 4.69) is 15.3 Å². The molecular formula is C27H20F4N6O2S. The van der Waals surface area contributed by atoms with Gasteiger partial charge in [-0.3, -0.25) is 19.5 Å². The summed E-state index contributed by atoms with van der Waals surface area (Å²) in [5.74, 6) is -2.06. The van der Waals surface area contributed by atoms with Crippen molar-refractivity contribution >= 4 is 40.5 Å². The van der Waals surface area contributed by atoms with Gasteiger partial charge < -0.3 is 10.2 Å². The zero-order valence-electron chi connectivity index (χ0n) is 20.7. The van der Waals surface area contributed by atoms with Gasteiger partial charge in [0.2, 0.25) is 0 Å². The molecule has 8 nitrogen and oxygen atoms in total. The summed E-state index contributed by atoms with van der Waals surface area (Å²) in [7, 11) is 0. The Morgan fingerprint density at radius 3 is 2.52 bits per heavy atom. The highest BCUT2D eigenvalue weighted by molar-refractivity contribution is 7.81. The Balaban J connectivity index is 1.41. The van der Waals surface area contributed by atoms with Gasteiger partial charge in [-0.25, -0.2) is 9.37 Å². The summed E-state index contributed by atoms with van der Waals surface area (Å²) in [4.78, 5) is 36.3. The van der Waals surface area contributed by atoms with Crippen LogP contribution in [0.2, 0.25) is 0 Å². The Morgan fingerprint density at radius 1 is 1.15 bits per heavy atom. The minimum atomic E-state index is -4.89. The maximum atomic E-state index is 15.2. The molecule has 1 spiro atoms. The van der Waals surface area contributed by atoms with E-state index >= 15 is 4.39 Å². The number of nitrogens with one attached hydrogen (secondary N) is 1. The molecule has 1 saturated carbocycles. The average Bonchev–Trinajstić information content (AvgIpc) is 3.14. The predicted molar refractivity (Wildman–Crippen MR) is 140 cm³/mol. The quantitative estimate of drug-likeness (QED) is 0.344. The van der Waals surface area contributed by atoms with Crippen LogP contribution < -0.4 is 15.1 Å². The van der Waals surface area contributed by atoms with Gasteiger partial charge in [-0.05, 0) is 67.9 Å². The molecule has 13 heteroatoms. The number of alkyl halides is 3. The van der Waals surface area contributed by atoms with Crippen molar-refractivity contribution in [2.75, 3.05) is 16.3 Å². The standard InChI is InChI=1S/C27H20F4N6O2S/c28-21-13-17(5-6-19(21)23(38)34-11-7-16-4-1-2-10-33-16)37-25(40)36(24(39)26(37)8-3-9-26)18-12-20(27(29,30)31)22(14-32)35-15-18/h1-2,4-6,10,12-13,15H,3,7-9,11H2,(H,34,38). The highest BCUT2D eigenvalue weighted by Crippen LogP contribution is 2.48. The Bertz CT molecular complexity index is 1550. The van der Waals surface area contributed by atoms with E-state index in [1.807, 2.05) is 6.07 Å². The van der Waals surface area contributed by atoms with Crippen molar-refractivity contribution in [2.24, 2.45) is 0 Å². The first-order chi connectivity index (χ1) is 19.1. The van der Waals surface area contributed by atoms with E-state index in [-0.39, 0.29) is 28.6 Å². The van der Waals surface area contributed by atoms with Crippen LogP contribution in [0.5, 0.6) is 0 Å². The molecular weight excluding hydrogens is 548 g/mol. The SMILES string of the molecule is N#Cc1ncc(N2C(=O)C3(CCC3)N(c3ccc(C(=O)NCCc4ccccn4)c(F)c3)C2=S)cc1C(F)(F)F. The van der Waals surface area contributed by atoms with Crippen molar-refractivity contribution in [2.45, 2.75) is 37.4 Å². The summed E-state index contributed by atoms with van der Waals surface area (Å²) in [6.45, 7) is 0.234. The molecule has 2 fully saturated rings. The number of halogens is 4. The predicted octanol–water partition coefficient (Wildman–Crippen LogP) is 4.54. The molecule has 0 bridgehead atoms. The summed E-state index contributed by atoms with van der Waals surface area (Å²) >= 11 is 5.53. The van der Waals surface area contributed by atoms with Gasteiger partial charge in [0.1, 0.15) is 17.4 Å². The number of pyridine rings is 2. The third-order valence-electron chi connectivity index (χ3n) is 6.98. The smallest absolute Gasteiger partial charge is 0.352 e. The highest BCUT2D eigenvalue weighted by Gasteiger charge is 2.60. The van der Waals surface area contributed by atoms with Crippen molar-refractivity contribution in [3.05, 3.63) is 83.2 Å². The Labute approximate surface area is 231 Å². The topological polar surface area (TPSA) is 102 Å². The van der Waals surface area contributed by atoms with Crippen LogP contribution in [0, 0.1) is 17.1 Å². The number of nitriles is 1. The maximum Gasteiger partial charge on any atom is 0.419 e. The zero-order valence-corrected chi connectivity index (χ0v) is 21.5. The normalized spacial score (nSPS) is 16.2. The largest absolute Gasteiger partial charge is 0.419 e. The van der Waals surface area contributed by atoms with E-state index in [1.165, 1.54) is 23.1 Å². The lowest BCUT2D eigenvalue weighted by Gasteiger charge is -2.43. The summed E-state index contributed by atoms with van der Waals surface area (Å²) < 4.78 is 55.9. The van der Waals surface area contributed by atoms with Gasteiger partial charge in [-0.2, -0.15) is 18.4 Å². The van der Waals surface area contributed by atoms with E-state index < -0.39 is 40.6 Å². The minimum Gasteiger partial charge on any atom is -0.352 e. The van der Waals surface area contributed by atoms with Crippen LogP contribution in [0.15, 0.2) is 54.9 Å². The summed E-state index contributed by atoms with van der Waals surface area (Å²) in [5.41, 5.74) is -2.86. The lowest BCUT2D eigenvalue weighted by molar-refractivity contribution is -0.138. The second-order valence-corrected chi connectivity index (χ2v) is 9.70. The molecule has 1 aromatic carbocycles. The third-order valence-corrected chi connectivity index (χ3v) is 7.35. The molecule has 40 heavy (non-hydrogen) atoms. The van der Waals surface area contributed by atoms with Crippen LogP contribution in [-0.4, -0.2) is 39.0 Å². The van der Waals surface area contributed by atoms with E-state index in [9.17, 15) is 22.8 Å². The number of nitrogens with zero attached hydrogens (tertiary/aromatic N) is 5. The number of benzene rings is 1. The molecule has 1 aliphatic heterocycles. The molecule has 2 aromatic heterocycles. The fraction of sp³-hybridized carbons (Fsp3) is 0.259. The number of hydrogen-bond donors (Lipinski definition) is 1. The van der Waals surface area contributed by atoms with Gasteiger partial charge >= 0.3 is 6.18 Å². The van der Waals surface area contributed by atoms with Gasteiger partial charge in [-0.15, -0.1) is 0 Å². The Hall–Kier alpha value is -4.44. The number of carbonyl (C=O) groups excluding carboxylic acids is 2. The van der Waals surface area contributed by atoms with Gasteiger partial charge in [0.05, 0.1) is 23.0 Å². The van der Waals surface area contributed by atoms with Crippen LogP contribution in [0.1, 0.15) is 46.6 Å². The van der Waals surface area contributed by atoms with Crippen LogP contribution in [0.4, 0.5) is 28.9 Å². The first-order valence-electron chi connectivity index (χ1n) is 12.2. The summed E-state index contributed by atoms with van der Waals surface area (Å²) in [6, 6.07) is 11.2. The number of hydrogen-bond acceptors (Lipinski definition) is 6. The van der Waals surface area contributed by atoms with Crippen molar-refractivity contribution in [1.82, 2.24) is 15.3 Å². The van der Waals surface area contributed by atoms with Gasteiger partial charge in [-0.1, -0.05) is 6.07 Å². The van der Waals surface area contributed by atoms with Gasteiger partial charge in [0.15, 0.2) is 10.8 Å². The summed E-state index contributed by atoms with van der Waals surface area (Å²) in [5, 5.41) is 11.5. The highest BCUT2D eigenvalue weighted by atomic mass is 32.1. The molecule has 1 saturated heterocycles. The lowest BCUT2D eigenvalue weighted by atomic mass is 9.75. The Kier molecular flexibility index (Phi) is 6.97. The van der Waals surface area contributed by atoms with Gasteiger partial charge in [0.25, 0.3) is 11.8 Å². The third kappa shape index (κ3) is 4.64. The molecule has 5 rings (SSSR count). The maximum absolute atomic E-state index is 15.2. The average molecular weight is 569 g/mol. The van der Waals surface area contributed by atoms with Crippen molar-refractivity contribution in [1.29, 1.82) is 5.26 Å². The van der Waals surface area contributed by atoms with E-state index in [0.29, 0.717) is 31.7 Å². The fourth-order valence-corrected chi connectivity index (χ4v) is 5.33. The van der Waals surface area contributed by atoms with Crippen LogP contribution >= 0.6 is 12.2 Å².